The van der Waals surface area contributed by atoms with Gasteiger partial charge in [-0.1, -0.05) is 23.7 Å². The van der Waals surface area contributed by atoms with Crippen molar-refractivity contribution < 1.29 is 9.18 Å². The molecule has 2 aromatic carbocycles. The minimum Gasteiger partial charge on any atom is -0.294 e. The van der Waals surface area contributed by atoms with Crippen LogP contribution in [0.25, 0.3) is 0 Å². The van der Waals surface area contributed by atoms with E-state index in [1.165, 1.54) is 12.1 Å². The molecule has 0 fully saturated rings. The lowest BCUT2D eigenvalue weighted by Crippen LogP contribution is -2.04. The van der Waals surface area contributed by atoms with Gasteiger partial charge in [-0.15, -0.1) is 0 Å². The van der Waals surface area contributed by atoms with E-state index in [-0.39, 0.29) is 18.0 Å². The minimum absolute atomic E-state index is 0.0369. The predicted octanol–water partition coefficient (Wildman–Crippen LogP) is 4.67. The number of benzene rings is 2. The second-order valence-electron chi connectivity index (χ2n) is 3.85. The molecule has 92 valence electrons. The molecule has 0 radical (unpaired) electrons. The summed E-state index contributed by atoms with van der Waals surface area (Å²) in [6, 6.07) is 10.9. The molecule has 0 unspecified atom stereocenters. The third-order valence-electron chi connectivity index (χ3n) is 2.51. The monoisotopic (exact) mass is 326 g/mol. The summed E-state index contributed by atoms with van der Waals surface area (Å²) in [6.45, 7) is 0. The van der Waals surface area contributed by atoms with E-state index in [9.17, 15) is 9.18 Å². The van der Waals surface area contributed by atoms with Crippen LogP contribution >= 0.6 is 27.5 Å². The van der Waals surface area contributed by atoms with Gasteiger partial charge in [-0.05, 0) is 51.8 Å². The zero-order valence-electron chi connectivity index (χ0n) is 9.29. The molecule has 0 saturated heterocycles. The van der Waals surface area contributed by atoms with Crippen LogP contribution in [0.2, 0.25) is 5.02 Å². The third kappa shape index (κ3) is 3.18. The highest BCUT2D eigenvalue weighted by Gasteiger charge is 2.11. The van der Waals surface area contributed by atoms with Crippen molar-refractivity contribution in [2.45, 2.75) is 6.42 Å². The molecule has 0 aliphatic rings. The van der Waals surface area contributed by atoms with Crippen LogP contribution in [0.5, 0.6) is 0 Å². The van der Waals surface area contributed by atoms with Crippen LogP contribution in [-0.4, -0.2) is 5.78 Å². The highest BCUT2D eigenvalue weighted by molar-refractivity contribution is 9.10. The van der Waals surface area contributed by atoms with Crippen LogP contribution in [0.3, 0.4) is 0 Å². The number of hydrogen-bond donors (Lipinski definition) is 0. The smallest absolute Gasteiger partial charge is 0.168 e. The highest BCUT2D eigenvalue weighted by Crippen LogP contribution is 2.23. The topological polar surface area (TPSA) is 17.1 Å². The Morgan fingerprint density at radius 2 is 1.83 bits per heavy atom. The molecule has 0 saturated carbocycles. The van der Waals surface area contributed by atoms with E-state index in [0.29, 0.717) is 15.1 Å². The van der Waals surface area contributed by atoms with Crippen LogP contribution in [0, 0.1) is 5.82 Å². The molecule has 0 amide bonds. The molecular formula is C14H9BrClFO. The zero-order valence-corrected chi connectivity index (χ0v) is 11.6. The normalized spacial score (nSPS) is 10.4. The predicted molar refractivity (Wildman–Crippen MR) is 73.6 cm³/mol. The molecule has 0 heterocycles. The Bertz CT molecular complexity index is 581. The van der Waals surface area contributed by atoms with Crippen molar-refractivity contribution in [3.8, 4) is 0 Å². The molecule has 0 bridgehead atoms. The van der Waals surface area contributed by atoms with Crippen molar-refractivity contribution in [1.82, 2.24) is 0 Å². The fourth-order valence-electron chi connectivity index (χ4n) is 1.60. The van der Waals surface area contributed by atoms with Gasteiger partial charge in [0.2, 0.25) is 0 Å². The van der Waals surface area contributed by atoms with Crippen molar-refractivity contribution in [1.29, 1.82) is 0 Å². The number of halogens is 3. The van der Waals surface area contributed by atoms with E-state index in [1.807, 2.05) is 0 Å². The molecule has 2 aromatic rings. The van der Waals surface area contributed by atoms with Gasteiger partial charge in [-0.25, -0.2) is 4.39 Å². The molecule has 0 atom stereocenters. The van der Waals surface area contributed by atoms with Crippen molar-refractivity contribution in [2.24, 2.45) is 0 Å². The van der Waals surface area contributed by atoms with Gasteiger partial charge in [-0.3, -0.25) is 4.79 Å². The van der Waals surface area contributed by atoms with Gasteiger partial charge in [0, 0.05) is 21.5 Å². The van der Waals surface area contributed by atoms with E-state index in [0.717, 1.165) is 5.56 Å². The number of rotatable bonds is 3. The number of Topliss-reactive ketones (excluding diaryl/α,β-unsaturated/α-hetero) is 1. The van der Waals surface area contributed by atoms with E-state index in [1.54, 1.807) is 30.3 Å². The number of hydrogen-bond acceptors (Lipinski definition) is 1. The maximum Gasteiger partial charge on any atom is 0.168 e. The Hall–Kier alpha value is -1.19. The summed E-state index contributed by atoms with van der Waals surface area (Å²) in [5.74, 6) is -0.343. The summed E-state index contributed by atoms with van der Waals surface area (Å²) in [7, 11) is 0. The maximum atomic E-state index is 12.7. The number of carbonyl (C=O) groups is 1. The maximum absolute atomic E-state index is 12.7. The van der Waals surface area contributed by atoms with Crippen molar-refractivity contribution in [3.63, 3.8) is 0 Å². The highest BCUT2D eigenvalue weighted by atomic mass is 79.9. The van der Waals surface area contributed by atoms with Gasteiger partial charge >= 0.3 is 0 Å². The summed E-state index contributed by atoms with van der Waals surface area (Å²) < 4.78 is 13.4. The van der Waals surface area contributed by atoms with Crippen molar-refractivity contribution in [2.75, 3.05) is 0 Å². The van der Waals surface area contributed by atoms with Crippen molar-refractivity contribution >= 4 is 33.3 Å². The van der Waals surface area contributed by atoms with Gasteiger partial charge < -0.3 is 0 Å². The van der Waals surface area contributed by atoms with E-state index < -0.39 is 0 Å². The molecule has 18 heavy (non-hydrogen) atoms. The fraction of sp³-hybridized carbons (Fsp3) is 0.0714. The first-order chi connectivity index (χ1) is 8.56. The molecular weight excluding hydrogens is 319 g/mol. The summed E-state index contributed by atoms with van der Waals surface area (Å²) >= 11 is 9.12. The lowest BCUT2D eigenvalue weighted by molar-refractivity contribution is 0.0992. The van der Waals surface area contributed by atoms with E-state index in [4.69, 9.17) is 11.6 Å². The van der Waals surface area contributed by atoms with Gasteiger partial charge in [0.25, 0.3) is 0 Å². The summed E-state index contributed by atoms with van der Waals surface area (Å²) in [5.41, 5.74) is 1.35. The number of ketones is 1. The first-order valence-electron chi connectivity index (χ1n) is 5.29. The Labute approximate surface area is 118 Å². The van der Waals surface area contributed by atoms with Crippen LogP contribution < -0.4 is 0 Å². The molecule has 0 aromatic heterocycles. The Morgan fingerprint density at radius 1 is 1.17 bits per heavy atom. The first kappa shape index (κ1) is 13.2. The molecule has 0 aliphatic carbocycles. The van der Waals surface area contributed by atoms with E-state index in [2.05, 4.69) is 15.9 Å². The lowest BCUT2D eigenvalue weighted by Gasteiger charge is -2.04. The fourth-order valence-corrected chi connectivity index (χ4v) is 2.50. The van der Waals surface area contributed by atoms with Crippen LogP contribution in [0.15, 0.2) is 46.9 Å². The summed E-state index contributed by atoms with van der Waals surface area (Å²) in [4.78, 5) is 12.1. The zero-order chi connectivity index (χ0) is 13.1. The van der Waals surface area contributed by atoms with Crippen molar-refractivity contribution in [3.05, 3.63) is 68.9 Å². The lowest BCUT2D eigenvalue weighted by atomic mass is 10.0. The summed E-state index contributed by atoms with van der Waals surface area (Å²) in [5, 5.41) is 0.570. The standard InChI is InChI=1S/C14H9BrClFO/c15-13-8-10(16)3-6-12(13)14(18)7-9-1-4-11(17)5-2-9/h1-6,8H,7H2. The Morgan fingerprint density at radius 3 is 2.44 bits per heavy atom. The molecule has 1 nitrogen and oxygen atoms in total. The molecule has 0 N–H and O–H groups in total. The summed E-state index contributed by atoms with van der Waals surface area (Å²) in [6.07, 6.45) is 0.237. The van der Waals surface area contributed by atoms with Crippen LogP contribution in [0.1, 0.15) is 15.9 Å². The largest absolute Gasteiger partial charge is 0.294 e. The van der Waals surface area contributed by atoms with Gasteiger partial charge in [0.15, 0.2) is 5.78 Å². The Kier molecular flexibility index (Phi) is 4.15. The Balaban J connectivity index is 2.19. The quantitative estimate of drug-likeness (QED) is 0.749. The van der Waals surface area contributed by atoms with Gasteiger partial charge in [-0.2, -0.15) is 0 Å². The van der Waals surface area contributed by atoms with Crippen LogP contribution in [0.4, 0.5) is 4.39 Å². The van der Waals surface area contributed by atoms with Gasteiger partial charge in [0.05, 0.1) is 0 Å². The average Bonchev–Trinajstić information content (AvgIpc) is 2.32. The SMILES string of the molecule is O=C(Cc1ccc(F)cc1)c1ccc(Cl)cc1Br. The third-order valence-corrected chi connectivity index (χ3v) is 3.40. The average molecular weight is 328 g/mol. The molecule has 0 spiro atoms. The second-order valence-corrected chi connectivity index (χ2v) is 5.14. The van der Waals surface area contributed by atoms with E-state index >= 15 is 0 Å². The molecule has 0 aliphatic heterocycles. The molecule has 4 heteroatoms. The minimum atomic E-state index is -0.307. The molecule has 2 rings (SSSR count). The second kappa shape index (κ2) is 5.63. The van der Waals surface area contributed by atoms with Gasteiger partial charge in [0.1, 0.15) is 5.82 Å². The van der Waals surface area contributed by atoms with Crippen LogP contribution in [-0.2, 0) is 6.42 Å². The first-order valence-corrected chi connectivity index (χ1v) is 6.46. The number of carbonyl (C=O) groups excluding carboxylic acids is 1.